The highest BCUT2D eigenvalue weighted by atomic mass is 16.2. The van der Waals surface area contributed by atoms with Crippen LogP contribution in [0.3, 0.4) is 0 Å². The van der Waals surface area contributed by atoms with E-state index in [1.165, 1.54) is 0 Å². The van der Waals surface area contributed by atoms with Crippen LogP contribution in [0, 0.1) is 5.92 Å². The van der Waals surface area contributed by atoms with E-state index >= 15 is 0 Å². The summed E-state index contributed by atoms with van der Waals surface area (Å²) in [6, 6.07) is -0.0850. The van der Waals surface area contributed by atoms with Crippen LogP contribution in [-0.2, 0) is 4.79 Å². The molecule has 3 nitrogen and oxygen atoms in total. The van der Waals surface area contributed by atoms with Gasteiger partial charge < -0.3 is 11.1 Å². The van der Waals surface area contributed by atoms with Crippen LogP contribution >= 0.6 is 0 Å². The predicted octanol–water partition coefficient (Wildman–Crippen LogP) is 1.19. The molecular weight excluding hydrogens is 176 g/mol. The third-order valence-electron chi connectivity index (χ3n) is 2.91. The highest BCUT2D eigenvalue weighted by Gasteiger charge is 2.22. The molecule has 0 bridgehead atoms. The van der Waals surface area contributed by atoms with E-state index in [4.69, 9.17) is 5.73 Å². The van der Waals surface area contributed by atoms with Crippen molar-refractivity contribution in [2.75, 3.05) is 0 Å². The molecule has 0 aromatic rings. The number of hydrogen-bond acceptors (Lipinski definition) is 2. The quantitative estimate of drug-likeness (QED) is 0.664. The number of rotatable bonds is 4. The Labute approximate surface area is 85.7 Å². The molecule has 0 aliphatic heterocycles. The molecule has 0 saturated heterocycles. The Bertz CT molecular complexity index is 217. The Morgan fingerprint density at radius 2 is 2.14 bits per heavy atom. The zero-order chi connectivity index (χ0) is 10.6. The van der Waals surface area contributed by atoms with Crippen LogP contribution in [0.15, 0.2) is 12.2 Å². The predicted molar refractivity (Wildman–Crippen MR) is 57.7 cm³/mol. The van der Waals surface area contributed by atoms with Gasteiger partial charge in [0.2, 0.25) is 5.91 Å². The first-order valence-corrected chi connectivity index (χ1v) is 5.36. The number of nitrogens with one attached hydrogen (secondary N) is 1. The van der Waals surface area contributed by atoms with E-state index in [1.807, 2.05) is 6.92 Å². The highest BCUT2D eigenvalue weighted by molar-refractivity contribution is 5.82. The monoisotopic (exact) mass is 196 g/mol. The van der Waals surface area contributed by atoms with Gasteiger partial charge in [-0.3, -0.25) is 4.79 Å². The summed E-state index contributed by atoms with van der Waals surface area (Å²) in [5.74, 6) is 0.248. The lowest BCUT2D eigenvalue weighted by atomic mass is 9.99. The number of amides is 1. The Kier molecular flexibility index (Phi) is 4.14. The van der Waals surface area contributed by atoms with Crippen molar-refractivity contribution in [2.45, 2.75) is 45.2 Å². The normalized spacial score (nSPS) is 20.8. The van der Waals surface area contributed by atoms with Crippen LogP contribution in [0.25, 0.3) is 0 Å². The number of hydrogen-bond donors (Lipinski definition) is 2. The summed E-state index contributed by atoms with van der Waals surface area (Å²) in [5.41, 5.74) is 5.82. The van der Waals surface area contributed by atoms with Gasteiger partial charge in [0.25, 0.3) is 0 Å². The van der Waals surface area contributed by atoms with E-state index in [2.05, 4.69) is 24.4 Å². The van der Waals surface area contributed by atoms with Gasteiger partial charge in [-0.25, -0.2) is 0 Å². The van der Waals surface area contributed by atoms with E-state index in [-0.39, 0.29) is 23.9 Å². The second-order valence-corrected chi connectivity index (χ2v) is 4.06. The Hall–Kier alpha value is -0.830. The number of nitrogens with two attached hydrogens (primary N) is 1. The van der Waals surface area contributed by atoms with Crippen molar-refractivity contribution in [3.05, 3.63) is 12.2 Å². The summed E-state index contributed by atoms with van der Waals surface area (Å²) < 4.78 is 0. The van der Waals surface area contributed by atoms with Crippen LogP contribution in [0.5, 0.6) is 0 Å². The number of carbonyl (C=O) groups excluding carboxylic acids is 1. The number of carbonyl (C=O) groups is 1. The maximum Gasteiger partial charge on any atom is 0.237 e. The fourth-order valence-electron chi connectivity index (χ4n) is 1.54. The van der Waals surface area contributed by atoms with Gasteiger partial charge in [-0.05, 0) is 18.8 Å². The molecule has 3 N–H and O–H groups in total. The summed E-state index contributed by atoms with van der Waals surface area (Å²) in [4.78, 5) is 11.6. The molecule has 3 heteroatoms. The van der Waals surface area contributed by atoms with Crippen LogP contribution in [0.4, 0.5) is 0 Å². The second-order valence-electron chi connectivity index (χ2n) is 4.06. The molecular formula is C11H20N2O. The fraction of sp³-hybridized carbons (Fsp3) is 0.727. The first-order chi connectivity index (χ1) is 6.65. The van der Waals surface area contributed by atoms with Crippen molar-refractivity contribution in [2.24, 2.45) is 11.7 Å². The zero-order valence-corrected chi connectivity index (χ0v) is 8.99. The molecule has 0 aromatic heterocycles. The minimum atomic E-state index is -0.361. The van der Waals surface area contributed by atoms with Gasteiger partial charge >= 0.3 is 0 Å². The van der Waals surface area contributed by atoms with Gasteiger partial charge in [0.15, 0.2) is 0 Å². The molecule has 1 amide bonds. The molecule has 0 radical (unpaired) electrons. The van der Waals surface area contributed by atoms with Gasteiger partial charge in [0.1, 0.15) is 0 Å². The van der Waals surface area contributed by atoms with Gasteiger partial charge in [-0.15, -0.1) is 0 Å². The molecule has 14 heavy (non-hydrogen) atoms. The standard InChI is InChI=1S/C11H20N2O/c1-3-8(2)10(12)11(14)13-9-6-4-5-7-9/h4-5,8-10H,3,6-7,12H2,1-2H3,(H,13,14)/t8?,10-/m0/s1. The lowest BCUT2D eigenvalue weighted by molar-refractivity contribution is -0.124. The maximum absolute atomic E-state index is 11.6. The van der Waals surface area contributed by atoms with Gasteiger partial charge in [-0.1, -0.05) is 32.4 Å². The fourth-order valence-corrected chi connectivity index (χ4v) is 1.54. The van der Waals surface area contributed by atoms with Crippen molar-refractivity contribution >= 4 is 5.91 Å². The van der Waals surface area contributed by atoms with Crippen molar-refractivity contribution in [1.29, 1.82) is 0 Å². The third-order valence-corrected chi connectivity index (χ3v) is 2.91. The minimum Gasteiger partial charge on any atom is -0.351 e. The molecule has 0 spiro atoms. The summed E-state index contributed by atoms with van der Waals surface area (Å²) in [5, 5.41) is 2.97. The van der Waals surface area contributed by atoms with Crippen molar-refractivity contribution in [3.8, 4) is 0 Å². The summed E-state index contributed by atoms with van der Waals surface area (Å²) in [7, 11) is 0. The van der Waals surface area contributed by atoms with Crippen molar-refractivity contribution in [1.82, 2.24) is 5.32 Å². The molecule has 1 aliphatic carbocycles. The Balaban J connectivity index is 2.33. The summed E-state index contributed by atoms with van der Waals surface area (Å²) >= 11 is 0. The van der Waals surface area contributed by atoms with Crippen molar-refractivity contribution in [3.63, 3.8) is 0 Å². The van der Waals surface area contributed by atoms with E-state index in [9.17, 15) is 4.79 Å². The lowest BCUT2D eigenvalue weighted by Gasteiger charge is -2.20. The average Bonchev–Trinajstić information content (AvgIpc) is 2.68. The van der Waals surface area contributed by atoms with E-state index < -0.39 is 0 Å². The minimum absolute atomic E-state index is 0.00644. The molecule has 0 aromatic carbocycles. The molecule has 1 rings (SSSR count). The summed E-state index contributed by atoms with van der Waals surface area (Å²) in [6.07, 6.45) is 7.02. The van der Waals surface area contributed by atoms with Gasteiger partial charge in [0, 0.05) is 6.04 Å². The molecule has 1 aliphatic rings. The molecule has 1 unspecified atom stereocenters. The van der Waals surface area contributed by atoms with E-state index in [1.54, 1.807) is 0 Å². The van der Waals surface area contributed by atoms with Crippen molar-refractivity contribution < 1.29 is 4.79 Å². The smallest absolute Gasteiger partial charge is 0.237 e. The molecule has 0 heterocycles. The van der Waals surface area contributed by atoms with Gasteiger partial charge in [-0.2, -0.15) is 0 Å². The van der Waals surface area contributed by atoms with E-state index in [0.717, 1.165) is 19.3 Å². The van der Waals surface area contributed by atoms with Crippen LogP contribution in [0.2, 0.25) is 0 Å². The SMILES string of the molecule is CCC(C)[C@H](N)C(=O)NC1CC=CC1. The Morgan fingerprint density at radius 3 is 2.64 bits per heavy atom. The molecule has 0 saturated carbocycles. The Morgan fingerprint density at radius 1 is 1.57 bits per heavy atom. The van der Waals surface area contributed by atoms with Gasteiger partial charge in [0.05, 0.1) is 6.04 Å². The summed E-state index contributed by atoms with van der Waals surface area (Å²) in [6.45, 7) is 4.06. The highest BCUT2D eigenvalue weighted by Crippen LogP contribution is 2.11. The van der Waals surface area contributed by atoms with Crippen LogP contribution < -0.4 is 11.1 Å². The third kappa shape index (κ3) is 2.84. The lowest BCUT2D eigenvalue weighted by Crippen LogP contribution is -2.47. The first kappa shape index (κ1) is 11.2. The van der Waals surface area contributed by atoms with Crippen LogP contribution in [-0.4, -0.2) is 18.0 Å². The zero-order valence-electron chi connectivity index (χ0n) is 8.99. The largest absolute Gasteiger partial charge is 0.351 e. The molecule has 0 fully saturated rings. The van der Waals surface area contributed by atoms with E-state index in [0.29, 0.717) is 0 Å². The maximum atomic E-state index is 11.6. The topological polar surface area (TPSA) is 55.1 Å². The molecule has 80 valence electrons. The molecule has 2 atom stereocenters. The second kappa shape index (κ2) is 5.15. The van der Waals surface area contributed by atoms with Crippen LogP contribution in [0.1, 0.15) is 33.1 Å². The first-order valence-electron chi connectivity index (χ1n) is 5.36. The average molecular weight is 196 g/mol.